The second-order valence-electron chi connectivity index (χ2n) is 4.14. The molecule has 0 spiro atoms. The second kappa shape index (κ2) is 6.33. The van der Waals surface area contributed by atoms with Gasteiger partial charge in [-0.05, 0) is 54.6 Å². The Morgan fingerprint density at radius 3 is 2.74 bits per heavy atom. The van der Waals surface area contributed by atoms with E-state index in [9.17, 15) is 0 Å². The van der Waals surface area contributed by atoms with Crippen molar-refractivity contribution < 1.29 is 0 Å². The lowest BCUT2D eigenvalue weighted by atomic mass is 10.3. The van der Waals surface area contributed by atoms with Gasteiger partial charge < -0.3 is 5.32 Å². The van der Waals surface area contributed by atoms with Crippen LogP contribution < -0.4 is 5.32 Å². The number of rotatable bonds is 4. The molecule has 0 saturated heterocycles. The molecule has 0 unspecified atom stereocenters. The predicted octanol–water partition coefficient (Wildman–Crippen LogP) is 4.73. The molecular weight excluding hydrogens is 396 g/mol. The van der Waals surface area contributed by atoms with Crippen molar-refractivity contribution in [2.24, 2.45) is 0 Å². The highest BCUT2D eigenvalue weighted by Crippen LogP contribution is 2.25. The maximum Gasteiger partial charge on any atom is 0.0865 e. The lowest BCUT2D eigenvalue weighted by Gasteiger charge is -2.10. The average molecular weight is 410 g/mol. The molecule has 19 heavy (non-hydrogen) atoms. The lowest BCUT2D eigenvalue weighted by Crippen LogP contribution is -2.09. The van der Waals surface area contributed by atoms with Gasteiger partial charge in [0.15, 0.2) is 0 Å². The summed E-state index contributed by atoms with van der Waals surface area (Å²) in [6.45, 7) is 5.43. The van der Waals surface area contributed by atoms with E-state index in [0.717, 1.165) is 37.2 Å². The van der Waals surface area contributed by atoms with Crippen molar-refractivity contribution in [3.05, 3.63) is 43.2 Å². The molecule has 2 aromatic rings. The van der Waals surface area contributed by atoms with E-state index < -0.39 is 0 Å². The van der Waals surface area contributed by atoms with Crippen LogP contribution in [0.2, 0.25) is 10.0 Å². The van der Waals surface area contributed by atoms with Crippen LogP contribution in [0.3, 0.4) is 0 Å². The summed E-state index contributed by atoms with van der Waals surface area (Å²) in [4.78, 5) is 0. The topological polar surface area (TPSA) is 29.9 Å². The van der Waals surface area contributed by atoms with Gasteiger partial charge in [0.25, 0.3) is 0 Å². The van der Waals surface area contributed by atoms with E-state index in [1.165, 1.54) is 0 Å². The molecule has 0 amide bonds. The largest absolute Gasteiger partial charge is 0.378 e. The zero-order valence-corrected chi connectivity index (χ0v) is 14.3. The fourth-order valence-corrected chi connectivity index (χ4v) is 3.11. The number of hydrogen-bond donors (Lipinski definition) is 1. The summed E-state index contributed by atoms with van der Waals surface area (Å²) in [5.74, 6) is 0. The van der Waals surface area contributed by atoms with Crippen molar-refractivity contribution in [3.8, 4) is 0 Å². The quantitative estimate of drug-likeness (QED) is 0.739. The van der Waals surface area contributed by atoms with Crippen molar-refractivity contribution in [1.82, 2.24) is 9.78 Å². The zero-order chi connectivity index (χ0) is 14.0. The summed E-state index contributed by atoms with van der Waals surface area (Å²) in [7, 11) is 0. The number of nitrogens with one attached hydrogen (secondary N) is 1. The molecule has 0 saturated carbocycles. The van der Waals surface area contributed by atoms with Crippen LogP contribution in [0.25, 0.3) is 0 Å². The number of anilines is 1. The van der Waals surface area contributed by atoms with Crippen molar-refractivity contribution in [1.29, 1.82) is 0 Å². The van der Waals surface area contributed by atoms with E-state index in [-0.39, 0.29) is 0 Å². The Labute approximate surface area is 136 Å². The summed E-state index contributed by atoms with van der Waals surface area (Å²) in [6, 6.07) is 5.77. The minimum Gasteiger partial charge on any atom is -0.378 e. The SMILES string of the molecule is CCn1nc(C)c(Cl)c1CNc1ccc(Cl)cc1I. The standard InChI is InChI=1S/C13H14Cl2IN3/c1-3-19-12(13(15)8(2)18-19)7-17-11-5-4-9(14)6-10(11)16/h4-6,17H,3,7H2,1-2H3. The molecule has 1 aromatic heterocycles. The molecule has 0 radical (unpaired) electrons. The Morgan fingerprint density at radius 1 is 1.37 bits per heavy atom. The van der Waals surface area contributed by atoms with E-state index in [4.69, 9.17) is 23.2 Å². The van der Waals surface area contributed by atoms with Crippen LogP contribution in [0.1, 0.15) is 18.3 Å². The summed E-state index contributed by atoms with van der Waals surface area (Å²) >= 11 is 14.5. The summed E-state index contributed by atoms with van der Waals surface area (Å²) in [6.07, 6.45) is 0. The summed E-state index contributed by atoms with van der Waals surface area (Å²) in [5, 5.41) is 9.25. The molecule has 0 aliphatic heterocycles. The molecule has 3 nitrogen and oxygen atoms in total. The van der Waals surface area contributed by atoms with E-state index >= 15 is 0 Å². The lowest BCUT2D eigenvalue weighted by molar-refractivity contribution is 0.623. The maximum atomic E-state index is 6.28. The van der Waals surface area contributed by atoms with E-state index in [2.05, 4.69) is 39.9 Å². The van der Waals surface area contributed by atoms with Gasteiger partial charge >= 0.3 is 0 Å². The monoisotopic (exact) mass is 409 g/mol. The Bertz CT molecular complexity index is 596. The molecule has 1 heterocycles. The number of benzene rings is 1. The highest BCUT2D eigenvalue weighted by atomic mass is 127. The second-order valence-corrected chi connectivity index (χ2v) is 6.12. The Morgan fingerprint density at radius 2 is 2.11 bits per heavy atom. The van der Waals surface area contributed by atoms with Crippen LogP contribution in [0, 0.1) is 10.5 Å². The minimum absolute atomic E-state index is 0.644. The van der Waals surface area contributed by atoms with E-state index in [1.54, 1.807) is 0 Å². The molecule has 0 atom stereocenters. The zero-order valence-electron chi connectivity index (χ0n) is 10.7. The predicted molar refractivity (Wildman–Crippen MR) is 89.1 cm³/mol. The van der Waals surface area contributed by atoms with Gasteiger partial charge in [-0.1, -0.05) is 23.2 Å². The molecule has 1 aromatic carbocycles. The smallest absolute Gasteiger partial charge is 0.0865 e. The molecule has 0 aliphatic rings. The van der Waals surface area contributed by atoms with Crippen molar-refractivity contribution in [2.75, 3.05) is 5.32 Å². The Kier molecular flexibility index (Phi) is 4.97. The molecule has 6 heteroatoms. The molecular formula is C13H14Cl2IN3. The number of halogens is 3. The van der Waals surface area contributed by atoms with Crippen LogP contribution in [0.5, 0.6) is 0 Å². The van der Waals surface area contributed by atoms with Gasteiger partial charge in [0.05, 0.1) is 23.0 Å². The van der Waals surface area contributed by atoms with Crippen LogP contribution in [-0.2, 0) is 13.1 Å². The fourth-order valence-electron chi connectivity index (χ4n) is 1.85. The van der Waals surface area contributed by atoms with E-state index in [1.807, 2.05) is 29.8 Å². The highest BCUT2D eigenvalue weighted by Gasteiger charge is 2.12. The van der Waals surface area contributed by atoms with Gasteiger partial charge in [0.1, 0.15) is 0 Å². The van der Waals surface area contributed by atoms with Gasteiger partial charge in [-0.25, -0.2) is 0 Å². The minimum atomic E-state index is 0.644. The van der Waals surface area contributed by atoms with Crippen LogP contribution in [-0.4, -0.2) is 9.78 Å². The first-order chi connectivity index (χ1) is 9.02. The summed E-state index contributed by atoms with van der Waals surface area (Å²) < 4.78 is 3.01. The van der Waals surface area contributed by atoms with Crippen molar-refractivity contribution >= 4 is 51.5 Å². The van der Waals surface area contributed by atoms with Gasteiger partial charge in [-0.3, -0.25) is 4.68 Å². The third kappa shape index (κ3) is 3.35. The Hall–Kier alpha value is -0.460. The molecule has 1 N–H and O–H groups in total. The number of aryl methyl sites for hydroxylation is 2. The molecule has 2 rings (SSSR count). The van der Waals surface area contributed by atoms with Crippen molar-refractivity contribution in [3.63, 3.8) is 0 Å². The normalized spacial score (nSPS) is 10.8. The maximum absolute atomic E-state index is 6.28. The van der Waals surface area contributed by atoms with Gasteiger partial charge in [-0.15, -0.1) is 0 Å². The van der Waals surface area contributed by atoms with E-state index in [0.29, 0.717) is 6.54 Å². The van der Waals surface area contributed by atoms with Crippen LogP contribution >= 0.6 is 45.8 Å². The average Bonchev–Trinajstić information content (AvgIpc) is 2.65. The first kappa shape index (κ1) is 14.9. The van der Waals surface area contributed by atoms with Crippen LogP contribution in [0.15, 0.2) is 18.2 Å². The third-order valence-corrected chi connectivity index (χ3v) is 4.45. The molecule has 0 fully saturated rings. The molecule has 0 aliphatic carbocycles. The van der Waals surface area contributed by atoms with Gasteiger partial charge in [0.2, 0.25) is 0 Å². The first-order valence-corrected chi connectivity index (χ1v) is 7.77. The number of hydrogen-bond acceptors (Lipinski definition) is 2. The molecule has 102 valence electrons. The van der Waals surface area contributed by atoms with Gasteiger partial charge in [0, 0.05) is 20.8 Å². The number of aromatic nitrogens is 2. The fraction of sp³-hybridized carbons (Fsp3) is 0.308. The van der Waals surface area contributed by atoms with Gasteiger partial charge in [-0.2, -0.15) is 5.10 Å². The van der Waals surface area contributed by atoms with Crippen LogP contribution in [0.4, 0.5) is 5.69 Å². The first-order valence-electron chi connectivity index (χ1n) is 5.93. The third-order valence-electron chi connectivity index (χ3n) is 2.83. The molecule has 0 bridgehead atoms. The number of nitrogens with zero attached hydrogens (tertiary/aromatic N) is 2. The summed E-state index contributed by atoms with van der Waals surface area (Å²) in [5.41, 5.74) is 2.92. The Balaban J connectivity index is 2.18. The van der Waals surface area contributed by atoms with Crippen molar-refractivity contribution in [2.45, 2.75) is 26.9 Å². The highest BCUT2D eigenvalue weighted by molar-refractivity contribution is 14.1.